The van der Waals surface area contributed by atoms with Crippen molar-refractivity contribution in [3.63, 3.8) is 0 Å². The predicted octanol–water partition coefficient (Wildman–Crippen LogP) is 1.78. The molecule has 0 radical (unpaired) electrons. The number of nitrogens with zero attached hydrogens (tertiary/aromatic N) is 1. The first-order chi connectivity index (χ1) is 8.90. The van der Waals surface area contributed by atoms with Crippen molar-refractivity contribution in [1.82, 2.24) is 0 Å². The molecule has 1 aromatic carbocycles. The Morgan fingerprint density at radius 2 is 2.05 bits per heavy atom. The third kappa shape index (κ3) is 3.84. The minimum atomic E-state index is -0.708. The molecule has 98 valence electrons. The highest BCUT2D eigenvalue weighted by Crippen LogP contribution is 2.23. The van der Waals surface area contributed by atoms with Gasteiger partial charge in [0.2, 0.25) is 5.91 Å². The summed E-state index contributed by atoms with van der Waals surface area (Å²) in [6, 6.07) is 8.63. The van der Waals surface area contributed by atoms with Gasteiger partial charge < -0.3 is 11.1 Å². The van der Waals surface area contributed by atoms with Crippen LogP contribution in [0.3, 0.4) is 0 Å². The number of amides is 1. The average molecular weight is 255 g/mol. The molecule has 0 aromatic heterocycles. The Labute approximate surface area is 113 Å². The van der Waals surface area contributed by atoms with Crippen LogP contribution in [0.15, 0.2) is 24.3 Å². The second-order valence-electron chi connectivity index (χ2n) is 4.82. The smallest absolute Gasteiger partial charge is 0.242 e. The van der Waals surface area contributed by atoms with Crippen molar-refractivity contribution in [3.8, 4) is 18.4 Å². The summed E-state index contributed by atoms with van der Waals surface area (Å²) in [7, 11) is 0. The fourth-order valence-corrected chi connectivity index (χ4v) is 1.49. The van der Waals surface area contributed by atoms with Gasteiger partial charge in [0.05, 0.1) is 17.5 Å². The fourth-order valence-electron chi connectivity index (χ4n) is 1.49. The molecule has 3 N–H and O–H groups in total. The van der Waals surface area contributed by atoms with E-state index in [4.69, 9.17) is 17.4 Å². The molecule has 19 heavy (non-hydrogen) atoms. The number of hydrogen-bond acceptors (Lipinski definition) is 3. The van der Waals surface area contributed by atoms with Gasteiger partial charge in [-0.2, -0.15) is 5.26 Å². The van der Waals surface area contributed by atoms with Crippen LogP contribution in [-0.4, -0.2) is 11.9 Å². The lowest BCUT2D eigenvalue weighted by molar-refractivity contribution is -0.117. The van der Waals surface area contributed by atoms with Crippen LogP contribution in [0, 0.1) is 23.7 Å². The number of carbonyl (C=O) groups excluding carboxylic acids is 1. The van der Waals surface area contributed by atoms with E-state index in [1.165, 1.54) is 0 Å². The summed E-state index contributed by atoms with van der Waals surface area (Å²) in [6.07, 6.45) is 5.30. The molecule has 4 nitrogen and oxygen atoms in total. The number of terminal acetylenes is 1. The van der Waals surface area contributed by atoms with Gasteiger partial charge in [-0.15, -0.1) is 12.3 Å². The largest absolute Gasteiger partial charge is 0.325 e. The van der Waals surface area contributed by atoms with Gasteiger partial charge in [0.1, 0.15) is 0 Å². The molecule has 0 heterocycles. The summed E-state index contributed by atoms with van der Waals surface area (Å²) in [4.78, 5) is 11.7. The Morgan fingerprint density at radius 1 is 1.47 bits per heavy atom. The van der Waals surface area contributed by atoms with Gasteiger partial charge in [-0.1, -0.05) is 12.1 Å². The molecule has 1 amide bonds. The Hall–Kier alpha value is -2.30. The van der Waals surface area contributed by atoms with E-state index in [1.807, 2.05) is 26.0 Å². The van der Waals surface area contributed by atoms with Crippen molar-refractivity contribution in [3.05, 3.63) is 29.8 Å². The Kier molecular flexibility index (Phi) is 4.69. The topological polar surface area (TPSA) is 78.9 Å². The van der Waals surface area contributed by atoms with Crippen molar-refractivity contribution in [1.29, 1.82) is 5.26 Å². The lowest BCUT2D eigenvalue weighted by atomic mass is 9.86. The lowest BCUT2D eigenvalue weighted by Crippen LogP contribution is -2.35. The standard InChI is InChI=1S/C15H17N3O/c1-4-5-13(17)14(19)18-12-8-6-11(7-9-12)15(2,3)10-16/h1,6-9,13H,5,17H2,2-3H3,(H,18,19). The van der Waals surface area contributed by atoms with Crippen LogP contribution in [-0.2, 0) is 10.2 Å². The molecule has 1 unspecified atom stereocenters. The zero-order valence-electron chi connectivity index (χ0n) is 11.1. The van der Waals surface area contributed by atoms with Crippen LogP contribution in [0.5, 0.6) is 0 Å². The van der Waals surface area contributed by atoms with Gasteiger partial charge in [-0.25, -0.2) is 0 Å². The number of benzene rings is 1. The van der Waals surface area contributed by atoms with Crippen molar-refractivity contribution in [2.75, 3.05) is 5.32 Å². The summed E-state index contributed by atoms with van der Waals surface area (Å²) in [6.45, 7) is 3.67. The van der Waals surface area contributed by atoms with Crippen molar-refractivity contribution in [2.24, 2.45) is 5.73 Å². The summed E-state index contributed by atoms with van der Waals surface area (Å²) in [5, 5.41) is 11.7. The minimum Gasteiger partial charge on any atom is -0.325 e. The zero-order valence-corrected chi connectivity index (χ0v) is 11.1. The molecule has 1 rings (SSSR count). The quantitative estimate of drug-likeness (QED) is 0.805. The Balaban J connectivity index is 2.77. The number of nitrogens with one attached hydrogen (secondary N) is 1. The second kappa shape index (κ2) is 6.04. The molecule has 0 bridgehead atoms. The van der Waals surface area contributed by atoms with Crippen molar-refractivity contribution >= 4 is 11.6 Å². The van der Waals surface area contributed by atoms with E-state index >= 15 is 0 Å². The fraction of sp³-hybridized carbons (Fsp3) is 0.333. The van der Waals surface area contributed by atoms with Crippen LogP contribution in [0.1, 0.15) is 25.8 Å². The van der Waals surface area contributed by atoms with Crippen LogP contribution >= 0.6 is 0 Å². The van der Waals surface area contributed by atoms with Gasteiger partial charge in [-0.05, 0) is 31.5 Å². The molecule has 0 saturated heterocycles. The zero-order chi connectivity index (χ0) is 14.5. The molecule has 0 aliphatic rings. The summed E-state index contributed by atoms with van der Waals surface area (Å²) < 4.78 is 0. The molecular weight excluding hydrogens is 238 g/mol. The number of nitriles is 1. The Bertz CT molecular complexity index is 532. The van der Waals surface area contributed by atoms with E-state index in [9.17, 15) is 4.79 Å². The molecular formula is C15H17N3O. The Morgan fingerprint density at radius 3 is 2.53 bits per heavy atom. The van der Waals surface area contributed by atoms with E-state index < -0.39 is 11.5 Å². The second-order valence-corrected chi connectivity index (χ2v) is 4.82. The number of anilines is 1. The molecule has 1 aromatic rings. The van der Waals surface area contributed by atoms with Crippen LogP contribution in [0.4, 0.5) is 5.69 Å². The molecule has 1 atom stereocenters. The monoisotopic (exact) mass is 255 g/mol. The van der Waals surface area contributed by atoms with E-state index in [2.05, 4.69) is 17.3 Å². The predicted molar refractivity (Wildman–Crippen MR) is 75.1 cm³/mol. The summed E-state index contributed by atoms with van der Waals surface area (Å²) in [5.41, 5.74) is 6.57. The minimum absolute atomic E-state index is 0.200. The molecule has 4 heteroatoms. The van der Waals surface area contributed by atoms with Gasteiger partial charge in [0.15, 0.2) is 0 Å². The van der Waals surface area contributed by atoms with Gasteiger partial charge in [-0.3, -0.25) is 4.79 Å². The normalized spacial score (nSPS) is 12.1. The highest BCUT2D eigenvalue weighted by atomic mass is 16.2. The number of carbonyl (C=O) groups is 1. The van der Waals surface area contributed by atoms with E-state index in [-0.39, 0.29) is 12.3 Å². The maximum atomic E-state index is 11.7. The SMILES string of the molecule is C#CCC(N)C(=O)Nc1ccc(C(C)(C)C#N)cc1. The van der Waals surface area contributed by atoms with Crippen LogP contribution in [0.2, 0.25) is 0 Å². The van der Waals surface area contributed by atoms with Crippen molar-refractivity contribution < 1.29 is 4.79 Å². The first kappa shape index (κ1) is 14.8. The summed E-state index contributed by atoms with van der Waals surface area (Å²) in [5.74, 6) is 2.03. The molecule has 0 fully saturated rings. The van der Waals surface area contributed by atoms with Crippen LogP contribution in [0.25, 0.3) is 0 Å². The highest BCUT2D eigenvalue weighted by molar-refractivity contribution is 5.94. The van der Waals surface area contributed by atoms with E-state index in [0.717, 1.165) is 5.56 Å². The maximum Gasteiger partial charge on any atom is 0.242 e. The lowest BCUT2D eigenvalue weighted by Gasteiger charge is -2.16. The van der Waals surface area contributed by atoms with E-state index in [1.54, 1.807) is 12.1 Å². The van der Waals surface area contributed by atoms with Gasteiger partial charge >= 0.3 is 0 Å². The van der Waals surface area contributed by atoms with Gasteiger partial charge in [0.25, 0.3) is 0 Å². The van der Waals surface area contributed by atoms with Crippen molar-refractivity contribution in [2.45, 2.75) is 31.7 Å². The molecule has 0 spiro atoms. The third-order valence-corrected chi connectivity index (χ3v) is 2.83. The summed E-state index contributed by atoms with van der Waals surface area (Å²) >= 11 is 0. The number of nitrogens with two attached hydrogens (primary N) is 1. The maximum absolute atomic E-state index is 11.7. The third-order valence-electron chi connectivity index (χ3n) is 2.83. The first-order valence-electron chi connectivity index (χ1n) is 5.92. The van der Waals surface area contributed by atoms with Gasteiger partial charge in [0, 0.05) is 12.1 Å². The average Bonchev–Trinajstić information content (AvgIpc) is 2.39. The van der Waals surface area contributed by atoms with E-state index in [0.29, 0.717) is 5.69 Å². The molecule has 0 saturated carbocycles. The molecule has 0 aliphatic heterocycles. The molecule has 0 aliphatic carbocycles. The highest BCUT2D eigenvalue weighted by Gasteiger charge is 2.19. The number of hydrogen-bond donors (Lipinski definition) is 2. The number of rotatable bonds is 4. The first-order valence-corrected chi connectivity index (χ1v) is 5.92. The van der Waals surface area contributed by atoms with Crippen LogP contribution < -0.4 is 11.1 Å².